The smallest absolute Gasteiger partial charge is 0.143 e. The molecule has 2 aromatic carbocycles. The minimum absolute atomic E-state index is 0.159. The van der Waals surface area contributed by atoms with Gasteiger partial charge in [0.25, 0.3) is 0 Å². The number of imidazole rings is 1. The fourth-order valence-electron chi connectivity index (χ4n) is 2.64. The molecule has 0 fully saturated rings. The number of anilines is 1. The summed E-state index contributed by atoms with van der Waals surface area (Å²) in [6, 6.07) is 10.7. The molecule has 0 aliphatic heterocycles. The van der Waals surface area contributed by atoms with Crippen LogP contribution in [0.4, 0.5) is 10.1 Å². The van der Waals surface area contributed by atoms with Crippen molar-refractivity contribution < 1.29 is 4.39 Å². The van der Waals surface area contributed by atoms with Gasteiger partial charge in [-0.05, 0) is 51.1 Å². The number of benzene rings is 2. The summed E-state index contributed by atoms with van der Waals surface area (Å²) >= 11 is 0. The Kier molecular flexibility index (Phi) is 3.16. The van der Waals surface area contributed by atoms with Crippen LogP contribution in [0.5, 0.6) is 0 Å². The zero-order chi connectivity index (χ0) is 15.1. The molecule has 0 atom stereocenters. The maximum atomic E-state index is 13.6. The van der Waals surface area contributed by atoms with Gasteiger partial charge in [0.05, 0.1) is 11.0 Å². The summed E-state index contributed by atoms with van der Waals surface area (Å²) in [6.07, 6.45) is 0. The van der Waals surface area contributed by atoms with E-state index in [0.29, 0.717) is 5.69 Å². The van der Waals surface area contributed by atoms with E-state index in [1.165, 1.54) is 12.1 Å². The topological polar surface area (TPSA) is 43.8 Å². The Labute approximate surface area is 123 Å². The van der Waals surface area contributed by atoms with Gasteiger partial charge in [-0.25, -0.2) is 9.37 Å². The first-order chi connectivity index (χ1) is 9.97. The molecule has 108 valence electrons. The summed E-state index contributed by atoms with van der Waals surface area (Å²) in [7, 11) is 0. The molecule has 0 aliphatic rings. The van der Waals surface area contributed by atoms with E-state index in [1.54, 1.807) is 6.07 Å². The van der Waals surface area contributed by atoms with E-state index in [0.717, 1.165) is 28.0 Å². The number of aromatic nitrogens is 2. The predicted molar refractivity (Wildman–Crippen MR) is 84.7 cm³/mol. The molecule has 0 bridgehead atoms. The van der Waals surface area contributed by atoms with Crippen LogP contribution in [0.1, 0.15) is 25.5 Å². The van der Waals surface area contributed by atoms with E-state index in [9.17, 15) is 4.39 Å². The standard InChI is InChI=1S/C17H18FN3/c1-10(2)21-16-9-12(18)5-7-15(16)20-17(21)13-8-11(3)4-6-14(13)19/h4-10H,19H2,1-3H3. The van der Waals surface area contributed by atoms with Crippen molar-refractivity contribution in [2.45, 2.75) is 26.8 Å². The summed E-state index contributed by atoms with van der Waals surface area (Å²) < 4.78 is 15.6. The van der Waals surface area contributed by atoms with Gasteiger partial charge in [0, 0.05) is 17.3 Å². The van der Waals surface area contributed by atoms with Crippen molar-refractivity contribution in [2.75, 3.05) is 5.73 Å². The molecule has 4 heteroatoms. The summed E-state index contributed by atoms with van der Waals surface area (Å²) in [6.45, 7) is 6.13. The number of aryl methyl sites for hydroxylation is 1. The van der Waals surface area contributed by atoms with Crippen molar-refractivity contribution in [2.24, 2.45) is 0 Å². The number of hydrogen-bond acceptors (Lipinski definition) is 2. The maximum absolute atomic E-state index is 13.6. The highest BCUT2D eigenvalue weighted by Gasteiger charge is 2.17. The van der Waals surface area contributed by atoms with E-state index in [2.05, 4.69) is 18.8 Å². The van der Waals surface area contributed by atoms with Gasteiger partial charge >= 0.3 is 0 Å². The predicted octanol–water partition coefficient (Wildman–Crippen LogP) is 4.31. The maximum Gasteiger partial charge on any atom is 0.143 e. The lowest BCUT2D eigenvalue weighted by atomic mass is 10.1. The van der Waals surface area contributed by atoms with Crippen molar-refractivity contribution in [3.63, 3.8) is 0 Å². The number of nitrogens with zero attached hydrogens (tertiary/aromatic N) is 2. The van der Waals surface area contributed by atoms with Crippen LogP contribution in [0.25, 0.3) is 22.4 Å². The number of nitrogen functional groups attached to an aromatic ring is 1. The molecule has 3 rings (SSSR count). The Morgan fingerprint density at radius 2 is 1.90 bits per heavy atom. The second kappa shape index (κ2) is 4.88. The van der Waals surface area contributed by atoms with Gasteiger partial charge in [-0.1, -0.05) is 11.6 Å². The van der Waals surface area contributed by atoms with E-state index in [4.69, 9.17) is 5.73 Å². The second-order valence-corrected chi connectivity index (χ2v) is 5.62. The van der Waals surface area contributed by atoms with E-state index < -0.39 is 0 Å². The van der Waals surface area contributed by atoms with Gasteiger partial charge in [-0.3, -0.25) is 0 Å². The molecular formula is C17H18FN3. The Morgan fingerprint density at radius 3 is 2.62 bits per heavy atom. The molecule has 0 unspecified atom stereocenters. The van der Waals surface area contributed by atoms with Crippen LogP contribution in [-0.4, -0.2) is 9.55 Å². The molecule has 3 aromatic rings. The minimum Gasteiger partial charge on any atom is -0.398 e. The average Bonchev–Trinajstić information content (AvgIpc) is 2.79. The number of halogens is 1. The zero-order valence-corrected chi connectivity index (χ0v) is 12.4. The molecule has 0 saturated heterocycles. The van der Waals surface area contributed by atoms with E-state index in [1.807, 2.05) is 29.7 Å². The third-order valence-corrected chi connectivity index (χ3v) is 3.62. The molecule has 1 heterocycles. The van der Waals surface area contributed by atoms with Crippen molar-refractivity contribution in [1.29, 1.82) is 0 Å². The molecular weight excluding hydrogens is 265 g/mol. The summed E-state index contributed by atoms with van der Waals surface area (Å²) in [5, 5.41) is 0. The average molecular weight is 283 g/mol. The van der Waals surface area contributed by atoms with Crippen LogP contribution < -0.4 is 5.73 Å². The van der Waals surface area contributed by atoms with Gasteiger partial charge in [0.15, 0.2) is 0 Å². The normalized spacial score (nSPS) is 11.5. The SMILES string of the molecule is Cc1ccc(N)c(-c2nc3ccc(F)cc3n2C(C)C)c1. The summed E-state index contributed by atoms with van der Waals surface area (Å²) in [4.78, 5) is 4.66. The zero-order valence-electron chi connectivity index (χ0n) is 12.4. The first-order valence-electron chi connectivity index (χ1n) is 7.01. The van der Waals surface area contributed by atoms with Gasteiger partial charge in [0.1, 0.15) is 11.6 Å². The summed E-state index contributed by atoms with van der Waals surface area (Å²) in [5.41, 5.74) is 10.4. The van der Waals surface area contributed by atoms with Crippen molar-refractivity contribution in [1.82, 2.24) is 9.55 Å². The third-order valence-electron chi connectivity index (χ3n) is 3.62. The van der Waals surface area contributed by atoms with Crippen molar-refractivity contribution >= 4 is 16.7 Å². The van der Waals surface area contributed by atoms with Crippen molar-refractivity contribution in [3.05, 3.63) is 47.8 Å². The van der Waals surface area contributed by atoms with Gasteiger partial charge in [0.2, 0.25) is 0 Å². The highest BCUT2D eigenvalue weighted by Crippen LogP contribution is 2.32. The highest BCUT2D eigenvalue weighted by atomic mass is 19.1. The number of rotatable bonds is 2. The van der Waals surface area contributed by atoms with Crippen LogP contribution in [0.2, 0.25) is 0 Å². The van der Waals surface area contributed by atoms with Gasteiger partial charge < -0.3 is 10.3 Å². The Bertz CT molecular complexity index is 818. The second-order valence-electron chi connectivity index (χ2n) is 5.62. The lowest BCUT2D eigenvalue weighted by Gasteiger charge is -2.14. The fourth-order valence-corrected chi connectivity index (χ4v) is 2.64. The molecule has 2 N–H and O–H groups in total. The third kappa shape index (κ3) is 2.27. The van der Waals surface area contributed by atoms with Gasteiger partial charge in [-0.15, -0.1) is 0 Å². The van der Waals surface area contributed by atoms with Gasteiger partial charge in [-0.2, -0.15) is 0 Å². The lowest BCUT2D eigenvalue weighted by molar-refractivity contribution is 0.613. The monoisotopic (exact) mass is 283 g/mol. The quantitative estimate of drug-likeness (QED) is 0.712. The number of nitrogens with two attached hydrogens (primary N) is 1. The van der Waals surface area contributed by atoms with Crippen LogP contribution in [-0.2, 0) is 0 Å². The van der Waals surface area contributed by atoms with Crippen molar-refractivity contribution in [3.8, 4) is 11.4 Å². The largest absolute Gasteiger partial charge is 0.398 e. The molecule has 0 spiro atoms. The first-order valence-corrected chi connectivity index (χ1v) is 7.01. The van der Waals surface area contributed by atoms with E-state index in [-0.39, 0.29) is 11.9 Å². The fraction of sp³-hybridized carbons (Fsp3) is 0.235. The number of hydrogen-bond donors (Lipinski definition) is 1. The van der Waals surface area contributed by atoms with Crippen LogP contribution in [0.3, 0.4) is 0 Å². The Hall–Kier alpha value is -2.36. The van der Waals surface area contributed by atoms with Crippen LogP contribution >= 0.6 is 0 Å². The molecule has 0 aliphatic carbocycles. The first kappa shape index (κ1) is 13.6. The molecule has 0 radical (unpaired) electrons. The molecule has 0 amide bonds. The van der Waals surface area contributed by atoms with Crippen LogP contribution in [0, 0.1) is 12.7 Å². The highest BCUT2D eigenvalue weighted by molar-refractivity contribution is 5.84. The minimum atomic E-state index is -0.256. The molecule has 0 saturated carbocycles. The Morgan fingerprint density at radius 1 is 1.14 bits per heavy atom. The molecule has 3 nitrogen and oxygen atoms in total. The van der Waals surface area contributed by atoms with E-state index >= 15 is 0 Å². The summed E-state index contributed by atoms with van der Waals surface area (Å²) in [5.74, 6) is 0.528. The lowest BCUT2D eigenvalue weighted by Crippen LogP contribution is -2.04. The number of fused-ring (bicyclic) bond motifs is 1. The Balaban J connectivity index is 2.36. The molecule has 21 heavy (non-hydrogen) atoms. The molecule has 1 aromatic heterocycles. The van der Waals surface area contributed by atoms with Crippen LogP contribution in [0.15, 0.2) is 36.4 Å².